The summed E-state index contributed by atoms with van der Waals surface area (Å²) in [5.41, 5.74) is 8.23. The SMILES string of the molecule is CC(C)(C)[Si](C)(C)OCc1ccc(N)cc1-c1ncc(F)cn1. The Kier molecular flexibility index (Phi) is 4.86. The van der Waals surface area contributed by atoms with Crippen LogP contribution >= 0.6 is 0 Å². The van der Waals surface area contributed by atoms with Crippen LogP contribution in [0.25, 0.3) is 11.4 Å². The molecule has 1 aromatic heterocycles. The Balaban J connectivity index is 2.31. The van der Waals surface area contributed by atoms with E-state index < -0.39 is 14.1 Å². The van der Waals surface area contributed by atoms with Gasteiger partial charge in [0.2, 0.25) is 0 Å². The number of anilines is 1. The molecule has 0 bridgehead atoms. The molecule has 6 heteroatoms. The van der Waals surface area contributed by atoms with Crippen LogP contribution in [-0.4, -0.2) is 18.3 Å². The normalized spacial score (nSPS) is 12.4. The quantitative estimate of drug-likeness (QED) is 0.666. The van der Waals surface area contributed by atoms with E-state index in [0.717, 1.165) is 23.5 Å². The summed E-state index contributed by atoms with van der Waals surface area (Å²) >= 11 is 0. The molecule has 124 valence electrons. The van der Waals surface area contributed by atoms with E-state index in [1.165, 1.54) is 0 Å². The molecule has 0 spiro atoms. The van der Waals surface area contributed by atoms with E-state index in [2.05, 4.69) is 43.8 Å². The minimum absolute atomic E-state index is 0.132. The van der Waals surface area contributed by atoms with Crippen molar-refractivity contribution in [2.75, 3.05) is 5.73 Å². The molecule has 0 amide bonds. The summed E-state index contributed by atoms with van der Waals surface area (Å²) in [4.78, 5) is 8.12. The van der Waals surface area contributed by atoms with Crippen molar-refractivity contribution in [2.24, 2.45) is 0 Å². The summed E-state index contributed by atoms with van der Waals surface area (Å²) in [6, 6.07) is 5.56. The zero-order chi connectivity index (χ0) is 17.3. The number of nitrogens with two attached hydrogens (primary N) is 1. The van der Waals surface area contributed by atoms with Crippen molar-refractivity contribution in [3.63, 3.8) is 0 Å². The van der Waals surface area contributed by atoms with E-state index in [1.54, 1.807) is 6.07 Å². The predicted octanol–water partition coefficient (Wildman–Crippen LogP) is 4.39. The number of rotatable bonds is 4. The van der Waals surface area contributed by atoms with Gasteiger partial charge in [0, 0.05) is 11.3 Å². The van der Waals surface area contributed by atoms with E-state index >= 15 is 0 Å². The Morgan fingerprint density at radius 3 is 2.35 bits per heavy atom. The molecule has 0 unspecified atom stereocenters. The molecule has 0 radical (unpaired) electrons. The highest BCUT2D eigenvalue weighted by molar-refractivity contribution is 6.74. The van der Waals surface area contributed by atoms with Gasteiger partial charge in [-0.15, -0.1) is 0 Å². The second-order valence-corrected chi connectivity index (χ2v) is 12.0. The molecule has 0 saturated heterocycles. The van der Waals surface area contributed by atoms with E-state index in [4.69, 9.17) is 10.2 Å². The van der Waals surface area contributed by atoms with Crippen LogP contribution in [0, 0.1) is 5.82 Å². The Bertz CT molecular complexity index is 681. The molecule has 0 atom stereocenters. The number of halogens is 1. The lowest BCUT2D eigenvalue weighted by atomic mass is 10.1. The maximum Gasteiger partial charge on any atom is 0.192 e. The van der Waals surface area contributed by atoms with Gasteiger partial charge in [-0.3, -0.25) is 0 Å². The molecule has 0 aliphatic heterocycles. The molecule has 4 nitrogen and oxygen atoms in total. The minimum atomic E-state index is -1.87. The van der Waals surface area contributed by atoms with Crippen LogP contribution in [0.4, 0.5) is 10.1 Å². The second kappa shape index (κ2) is 6.37. The molecular formula is C17H24FN3OSi. The summed E-state index contributed by atoms with van der Waals surface area (Å²) < 4.78 is 19.3. The van der Waals surface area contributed by atoms with Gasteiger partial charge in [-0.25, -0.2) is 14.4 Å². The molecule has 2 N–H and O–H groups in total. The molecule has 2 aromatic rings. The van der Waals surface area contributed by atoms with Crippen LogP contribution in [0.3, 0.4) is 0 Å². The largest absolute Gasteiger partial charge is 0.413 e. The Hall–Kier alpha value is -1.79. The topological polar surface area (TPSA) is 61.0 Å². The summed E-state index contributed by atoms with van der Waals surface area (Å²) in [5, 5.41) is 0.132. The second-order valence-electron chi connectivity index (χ2n) is 7.19. The summed E-state index contributed by atoms with van der Waals surface area (Å²) in [6.45, 7) is 11.5. The summed E-state index contributed by atoms with van der Waals surface area (Å²) in [6.07, 6.45) is 2.31. The van der Waals surface area contributed by atoms with Crippen LogP contribution in [0.2, 0.25) is 18.1 Å². The number of hydrogen-bond acceptors (Lipinski definition) is 4. The number of benzene rings is 1. The fourth-order valence-corrected chi connectivity index (χ4v) is 2.80. The van der Waals surface area contributed by atoms with Crippen molar-refractivity contribution in [1.82, 2.24) is 9.97 Å². The summed E-state index contributed by atoms with van der Waals surface area (Å²) in [7, 11) is -1.87. The lowest BCUT2D eigenvalue weighted by Crippen LogP contribution is -2.40. The average molecular weight is 333 g/mol. The Morgan fingerprint density at radius 1 is 1.17 bits per heavy atom. The molecule has 1 aromatic carbocycles. The highest BCUT2D eigenvalue weighted by Crippen LogP contribution is 2.37. The minimum Gasteiger partial charge on any atom is -0.413 e. The van der Waals surface area contributed by atoms with Crippen molar-refractivity contribution in [3.8, 4) is 11.4 Å². The van der Waals surface area contributed by atoms with Gasteiger partial charge in [-0.05, 0) is 35.8 Å². The first-order chi connectivity index (χ1) is 10.6. The molecule has 0 aliphatic carbocycles. The van der Waals surface area contributed by atoms with Gasteiger partial charge in [0.05, 0.1) is 19.0 Å². The number of aromatic nitrogens is 2. The average Bonchev–Trinajstić information content (AvgIpc) is 2.45. The standard InChI is InChI=1S/C17H24FN3OSi/c1-17(2,3)23(4,5)22-11-12-6-7-14(19)8-15(12)16-20-9-13(18)10-21-16/h6-10H,11,19H2,1-5H3. The van der Waals surface area contributed by atoms with Crippen LogP contribution < -0.4 is 5.73 Å². The summed E-state index contributed by atoms with van der Waals surface area (Å²) in [5.74, 6) is -0.00995. The predicted molar refractivity (Wildman–Crippen MR) is 93.8 cm³/mol. The Labute approximate surface area is 138 Å². The fraction of sp³-hybridized carbons (Fsp3) is 0.412. The van der Waals surface area contributed by atoms with Crippen LogP contribution in [0.1, 0.15) is 26.3 Å². The van der Waals surface area contributed by atoms with Gasteiger partial charge in [0.25, 0.3) is 0 Å². The number of nitrogen functional groups attached to an aromatic ring is 1. The van der Waals surface area contributed by atoms with Crippen molar-refractivity contribution in [1.29, 1.82) is 0 Å². The molecule has 23 heavy (non-hydrogen) atoms. The van der Waals surface area contributed by atoms with Crippen LogP contribution in [0.5, 0.6) is 0 Å². The maximum atomic E-state index is 13.0. The number of hydrogen-bond donors (Lipinski definition) is 1. The number of nitrogens with zero attached hydrogens (tertiary/aromatic N) is 2. The van der Waals surface area contributed by atoms with E-state index in [1.807, 2.05) is 12.1 Å². The van der Waals surface area contributed by atoms with Crippen molar-refractivity contribution >= 4 is 14.0 Å². The van der Waals surface area contributed by atoms with Crippen LogP contribution in [-0.2, 0) is 11.0 Å². The van der Waals surface area contributed by atoms with Crippen molar-refractivity contribution in [2.45, 2.75) is 45.5 Å². The van der Waals surface area contributed by atoms with E-state index in [-0.39, 0.29) is 5.04 Å². The van der Waals surface area contributed by atoms with Crippen LogP contribution in [0.15, 0.2) is 30.6 Å². The van der Waals surface area contributed by atoms with Gasteiger partial charge in [0.15, 0.2) is 20.0 Å². The first-order valence-corrected chi connectivity index (χ1v) is 10.5. The van der Waals surface area contributed by atoms with Gasteiger partial charge in [0.1, 0.15) is 0 Å². The van der Waals surface area contributed by atoms with Crippen molar-refractivity contribution < 1.29 is 8.82 Å². The lowest BCUT2D eigenvalue weighted by Gasteiger charge is -2.36. The third-order valence-electron chi connectivity index (χ3n) is 4.39. The van der Waals surface area contributed by atoms with Gasteiger partial charge < -0.3 is 10.2 Å². The Morgan fingerprint density at radius 2 is 1.78 bits per heavy atom. The highest BCUT2D eigenvalue weighted by atomic mass is 28.4. The van der Waals surface area contributed by atoms with E-state index in [0.29, 0.717) is 18.1 Å². The molecule has 2 rings (SSSR count). The molecular weight excluding hydrogens is 309 g/mol. The lowest BCUT2D eigenvalue weighted by molar-refractivity contribution is 0.277. The zero-order valence-electron chi connectivity index (χ0n) is 14.4. The molecule has 0 aliphatic rings. The zero-order valence-corrected chi connectivity index (χ0v) is 15.4. The van der Waals surface area contributed by atoms with Gasteiger partial charge >= 0.3 is 0 Å². The fourth-order valence-electron chi connectivity index (χ4n) is 1.85. The molecule has 0 fully saturated rings. The molecule has 0 saturated carbocycles. The van der Waals surface area contributed by atoms with Gasteiger partial charge in [-0.2, -0.15) is 0 Å². The third-order valence-corrected chi connectivity index (χ3v) is 8.87. The first-order valence-electron chi connectivity index (χ1n) is 7.60. The maximum absolute atomic E-state index is 13.0. The van der Waals surface area contributed by atoms with E-state index in [9.17, 15) is 4.39 Å². The first kappa shape index (κ1) is 17.6. The monoisotopic (exact) mass is 333 g/mol. The highest BCUT2D eigenvalue weighted by Gasteiger charge is 2.37. The third kappa shape index (κ3) is 4.14. The molecule has 1 heterocycles. The van der Waals surface area contributed by atoms with Gasteiger partial charge in [-0.1, -0.05) is 26.8 Å². The van der Waals surface area contributed by atoms with Crippen molar-refractivity contribution in [3.05, 3.63) is 42.0 Å². The smallest absolute Gasteiger partial charge is 0.192 e.